The molecule has 0 heterocycles. The summed E-state index contributed by atoms with van der Waals surface area (Å²) in [5.41, 5.74) is 1.32. The van der Waals surface area contributed by atoms with Gasteiger partial charge in [0, 0.05) is 5.41 Å². The number of hydrogen-bond acceptors (Lipinski definition) is 1. The predicted molar refractivity (Wildman–Crippen MR) is 59.1 cm³/mol. The summed E-state index contributed by atoms with van der Waals surface area (Å²) in [7, 11) is 0. The van der Waals surface area contributed by atoms with Crippen molar-refractivity contribution >= 4 is 0 Å². The van der Waals surface area contributed by atoms with Gasteiger partial charge in [0.05, 0.1) is 5.60 Å². The van der Waals surface area contributed by atoms with E-state index in [1.165, 1.54) is 18.4 Å². The molecule has 0 radical (unpaired) electrons. The minimum atomic E-state index is -0.514. The largest absolute Gasteiger partial charge is 0.389 e. The Labute approximate surface area is 87.2 Å². The zero-order chi connectivity index (χ0) is 10.6. The first-order valence-electron chi connectivity index (χ1n) is 5.73. The molecular weight excluding hydrogens is 172 g/mol. The SMILES string of the molecule is CC1(C)CCCC2(C)C1=CCC2(C)O. The average molecular weight is 194 g/mol. The molecule has 80 valence electrons. The summed E-state index contributed by atoms with van der Waals surface area (Å²) >= 11 is 0. The molecule has 0 aromatic carbocycles. The van der Waals surface area contributed by atoms with E-state index in [1.54, 1.807) is 0 Å². The maximum atomic E-state index is 10.4. The van der Waals surface area contributed by atoms with Gasteiger partial charge in [-0.1, -0.05) is 38.8 Å². The van der Waals surface area contributed by atoms with Crippen molar-refractivity contribution in [1.29, 1.82) is 0 Å². The van der Waals surface area contributed by atoms with E-state index in [9.17, 15) is 5.11 Å². The van der Waals surface area contributed by atoms with E-state index in [0.717, 1.165) is 12.8 Å². The molecule has 0 saturated heterocycles. The molecule has 1 nitrogen and oxygen atoms in total. The Bertz CT molecular complexity index is 286. The standard InChI is InChI=1S/C13H22O/c1-11(2)7-5-8-12(3)10(11)6-9-13(12,4)14/h6,14H,5,7-9H2,1-4H3. The average Bonchev–Trinajstić information content (AvgIpc) is 2.23. The number of aliphatic hydroxyl groups is 1. The minimum absolute atomic E-state index is 0.0365. The molecule has 2 aliphatic rings. The molecule has 0 bridgehead atoms. The fourth-order valence-electron chi connectivity index (χ4n) is 3.49. The highest BCUT2D eigenvalue weighted by atomic mass is 16.3. The maximum absolute atomic E-state index is 10.4. The first kappa shape index (κ1) is 10.2. The second kappa shape index (κ2) is 2.63. The molecule has 0 amide bonds. The Balaban J connectivity index is 2.43. The molecule has 0 aromatic heterocycles. The fourth-order valence-corrected chi connectivity index (χ4v) is 3.49. The highest BCUT2D eigenvalue weighted by molar-refractivity contribution is 5.33. The van der Waals surface area contributed by atoms with Crippen molar-refractivity contribution in [2.24, 2.45) is 10.8 Å². The molecule has 0 aromatic rings. The summed E-state index contributed by atoms with van der Waals surface area (Å²) in [6, 6.07) is 0. The van der Waals surface area contributed by atoms with Gasteiger partial charge in [0.2, 0.25) is 0 Å². The van der Waals surface area contributed by atoms with Crippen LogP contribution in [0.2, 0.25) is 0 Å². The Morgan fingerprint density at radius 3 is 2.36 bits per heavy atom. The third-order valence-electron chi connectivity index (χ3n) is 4.69. The van der Waals surface area contributed by atoms with Crippen LogP contribution in [0.1, 0.15) is 53.4 Å². The molecule has 1 saturated carbocycles. The summed E-state index contributed by atoms with van der Waals surface area (Å²) < 4.78 is 0. The summed E-state index contributed by atoms with van der Waals surface area (Å²) in [6.07, 6.45) is 6.79. The minimum Gasteiger partial charge on any atom is -0.389 e. The Morgan fingerprint density at radius 2 is 1.79 bits per heavy atom. The molecule has 14 heavy (non-hydrogen) atoms. The van der Waals surface area contributed by atoms with Gasteiger partial charge < -0.3 is 5.11 Å². The van der Waals surface area contributed by atoms with Crippen molar-refractivity contribution < 1.29 is 5.11 Å². The van der Waals surface area contributed by atoms with Crippen LogP contribution in [0.15, 0.2) is 11.6 Å². The second-order valence-electron chi connectivity index (χ2n) is 6.17. The summed E-state index contributed by atoms with van der Waals surface area (Å²) in [5.74, 6) is 0. The zero-order valence-corrected chi connectivity index (χ0v) is 9.85. The van der Waals surface area contributed by atoms with Crippen molar-refractivity contribution in [3.63, 3.8) is 0 Å². The Kier molecular flexibility index (Phi) is 1.92. The smallest absolute Gasteiger partial charge is 0.0744 e. The van der Waals surface area contributed by atoms with Crippen molar-refractivity contribution in [3.05, 3.63) is 11.6 Å². The topological polar surface area (TPSA) is 20.2 Å². The van der Waals surface area contributed by atoms with E-state index in [1.807, 2.05) is 6.92 Å². The zero-order valence-electron chi connectivity index (χ0n) is 9.85. The van der Waals surface area contributed by atoms with E-state index in [-0.39, 0.29) is 5.41 Å². The number of rotatable bonds is 0. The van der Waals surface area contributed by atoms with Crippen molar-refractivity contribution in [2.45, 2.75) is 59.0 Å². The van der Waals surface area contributed by atoms with Gasteiger partial charge in [0.15, 0.2) is 0 Å². The van der Waals surface area contributed by atoms with Crippen LogP contribution >= 0.6 is 0 Å². The number of fused-ring (bicyclic) bond motifs is 1. The molecule has 2 aliphatic carbocycles. The van der Waals surface area contributed by atoms with Crippen LogP contribution in [0.4, 0.5) is 0 Å². The lowest BCUT2D eigenvalue weighted by Crippen LogP contribution is -2.46. The second-order valence-corrected chi connectivity index (χ2v) is 6.17. The van der Waals surface area contributed by atoms with Gasteiger partial charge in [-0.15, -0.1) is 0 Å². The highest BCUT2D eigenvalue weighted by Gasteiger charge is 2.54. The quantitative estimate of drug-likeness (QED) is 0.587. The highest BCUT2D eigenvalue weighted by Crippen LogP contribution is 2.59. The third kappa shape index (κ3) is 1.11. The van der Waals surface area contributed by atoms with Crippen LogP contribution in [-0.2, 0) is 0 Å². The van der Waals surface area contributed by atoms with Crippen LogP contribution < -0.4 is 0 Å². The predicted octanol–water partition coefficient (Wildman–Crippen LogP) is 3.28. The molecular formula is C13H22O. The lowest BCUT2D eigenvalue weighted by molar-refractivity contribution is -0.0480. The lowest BCUT2D eigenvalue weighted by atomic mass is 9.58. The number of hydrogen-bond donors (Lipinski definition) is 1. The third-order valence-corrected chi connectivity index (χ3v) is 4.69. The normalized spacial score (nSPS) is 45.9. The molecule has 1 N–H and O–H groups in total. The summed E-state index contributed by atoms with van der Waals surface area (Å²) in [4.78, 5) is 0. The molecule has 0 spiro atoms. The van der Waals surface area contributed by atoms with Gasteiger partial charge in [0.25, 0.3) is 0 Å². The van der Waals surface area contributed by atoms with Gasteiger partial charge in [-0.2, -0.15) is 0 Å². The van der Waals surface area contributed by atoms with Crippen LogP contribution in [-0.4, -0.2) is 10.7 Å². The van der Waals surface area contributed by atoms with E-state index in [2.05, 4.69) is 26.8 Å². The van der Waals surface area contributed by atoms with Crippen LogP contribution in [0.25, 0.3) is 0 Å². The van der Waals surface area contributed by atoms with Crippen LogP contribution in [0.5, 0.6) is 0 Å². The first-order chi connectivity index (χ1) is 6.30. The van der Waals surface area contributed by atoms with Crippen LogP contribution in [0, 0.1) is 10.8 Å². The van der Waals surface area contributed by atoms with Crippen molar-refractivity contribution in [1.82, 2.24) is 0 Å². The fraction of sp³-hybridized carbons (Fsp3) is 0.846. The summed E-state index contributed by atoms with van der Waals surface area (Å²) in [5, 5.41) is 10.4. The first-order valence-corrected chi connectivity index (χ1v) is 5.73. The molecule has 1 heteroatoms. The molecule has 2 unspecified atom stereocenters. The molecule has 2 rings (SSSR count). The van der Waals surface area contributed by atoms with Crippen molar-refractivity contribution in [3.8, 4) is 0 Å². The van der Waals surface area contributed by atoms with Gasteiger partial charge in [0.1, 0.15) is 0 Å². The maximum Gasteiger partial charge on any atom is 0.0744 e. The van der Waals surface area contributed by atoms with E-state index < -0.39 is 5.60 Å². The van der Waals surface area contributed by atoms with E-state index in [4.69, 9.17) is 0 Å². The Hall–Kier alpha value is -0.300. The lowest BCUT2D eigenvalue weighted by Gasteiger charge is -2.49. The van der Waals surface area contributed by atoms with Gasteiger partial charge >= 0.3 is 0 Å². The van der Waals surface area contributed by atoms with Crippen molar-refractivity contribution in [2.75, 3.05) is 0 Å². The van der Waals surface area contributed by atoms with Gasteiger partial charge in [-0.05, 0) is 31.6 Å². The monoisotopic (exact) mass is 194 g/mol. The van der Waals surface area contributed by atoms with Gasteiger partial charge in [-0.3, -0.25) is 0 Å². The Morgan fingerprint density at radius 1 is 1.14 bits per heavy atom. The molecule has 0 aliphatic heterocycles. The van der Waals surface area contributed by atoms with Crippen LogP contribution in [0.3, 0.4) is 0 Å². The molecule has 1 fully saturated rings. The van der Waals surface area contributed by atoms with E-state index >= 15 is 0 Å². The molecule has 2 atom stereocenters. The summed E-state index contributed by atoms with van der Waals surface area (Å²) in [6.45, 7) is 8.87. The van der Waals surface area contributed by atoms with E-state index in [0.29, 0.717) is 5.41 Å². The van der Waals surface area contributed by atoms with Gasteiger partial charge in [-0.25, -0.2) is 0 Å².